The van der Waals surface area contributed by atoms with Crippen LogP contribution in [0.3, 0.4) is 0 Å². The Morgan fingerprint density at radius 3 is 2.28 bits per heavy atom. The van der Waals surface area contributed by atoms with E-state index in [0.717, 1.165) is 12.5 Å². The van der Waals surface area contributed by atoms with Crippen LogP contribution in [0.15, 0.2) is 18.2 Å². The summed E-state index contributed by atoms with van der Waals surface area (Å²) in [6, 6.07) is 3.61. The molecule has 0 saturated heterocycles. The largest absolute Gasteiger partial charge is 0.494 e. The van der Waals surface area contributed by atoms with Crippen molar-refractivity contribution in [2.75, 3.05) is 12.3 Å². The van der Waals surface area contributed by atoms with E-state index < -0.39 is 11.7 Å². The SMILES string of the molecule is CC(C)(C)CCOc1ccc(N)c(C(F)(F)F)c1. The molecule has 0 aliphatic heterocycles. The first-order valence-electron chi connectivity index (χ1n) is 5.69. The topological polar surface area (TPSA) is 35.2 Å². The third kappa shape index (κ3) is 4.47. The molecule has 2 nitrogen and oxygen atoms in total. The Morgan fingerprint density at radius 2 is 1.78 bits per heavy atom. The van der Waals surface area contributed by atoms with Crippen LogP contribution in [0.4, 0.5) is 18.9 Å². The molecule has 102 valence electrons. The van der Waals surface area contributed by atoms with E-state index in [1.165, 1.54) is 12.1 Å². The number of anilines is 1. The molecule has 0 amide bonds. The normalized spacial score (nSPS) is 12.6. The second-order valence-electron chi connectivity index (χ2n) is 5.41. The summed E-state index contributed by atoms with van der Waals surface area (Å²) >= 11 is 0. The van der Waals surface area contributed by atoms with Crippen molar-refractivity contribution >= 4 is 5.69 Å². The van der Waals surface area contributed by atoms with Crippen molar-refractivity contribution in [1.82, 2.24) is 0 Å². The number of benzene rings is 1. The number of hydrogen-bond donors (Lipinski definition) is 1. The number of rotatable bonds is 3. The van der Waals surface area contributed by atoms with E-state index in [2.05, 4.69) is 0 Å². The molecule has 0 aliphatic rings. The lowest BCUT2D eigenvalue weighted by molar-refractivity contribution is -0.137. The van der Waals surface area contributed by atoms with Gasteiger partial charge in [0.25, 0.3) is 0 Å². The molecule has 0 saturated carbocycles. The van der Waals surface area contributed by atoms with E-state index in [9.17, 15) is 13.2 Å². The number of alkyl halides is 3. The molecule has 0 aromatic heterocycles. The van der Waals surface area contributed by atoms with Crippen LogP contribution in [-0.2, 0) is 6.18 Å². The predicted molar refractivity (Wildman–Crippen MR) is 65.4 cm³/mol. The van der Waals surface area contributed by atoms with E-state index in [0.29, 0.717) is 6.61 Å². The van der Waals surface area contributed by atoms with Gasteiger partial charge < -0.3 is 10.5 Å². The summed E-state index contributed by atoms with van der Waals surface area (Å²) in [6.07, 6.45) is -3.69. The molecule has 0 spiro atoms. The maximum atomic E-state index is 12.6. The number of hydrogen-bond acceptors (Lipinski definition) is 2. The van der Waals surface area contributed by atoms with Crippen LogP contribution in [0, 0.1) is 5.41 Å². The van der Waals surface area contributed by atoms with E-state index in [1.54, 1.807) is 0 Å². The van der Waals surface area contributed by atoms with E-state index >= 15 is 0 Å². The minimum Gasteiger partial charge on any atom is -0.494 e. The first kappa shape index (κ1) is 14.7. The van der Waals surface area contributed by atoms with Crippen molar-refractivity contribution < 1.29 is 17.9 Å². The van der Waals surface area contributed by atoms with Gasteiger partial charge in [0.15, 0.2) is 0 Å². The average molecular weight is 261 g/mol. The van der Waals surface area contributed by atoms with Gasteiger partial charge in [0, 0.05) is 5.69 Å². The minimum absolute atomic E-state index is 0.0840. The van der Waals surface area contributed by atoms with Gasteiger partial charge in [-0.2, -0.15) is 13.2 Å². The van der Waals surface area contributed by atoms with Crippen molar-refractivity contribution in [1.29, 1.82) is 0 Å². The van der Waals surface area contributed by atoms with Crippen LogP contribution in [0.5, 0.6) is 5.75 Å². The Bertz CT molecular complexity index is 408. The van der Waals surface area contributed by atoms with Gasteiger partial charge in [0.05, 0.1) is 12.2 Å². The van der Waals surface area contributed by atoms with Crippen LogP contribution in [0.1, 0.15) is 32.8 Å². The molecule has 1 rings (SSSR count). The maximum Gasteiger partial charge on any atom is 0.418 e. The highest BCUT2D eigenvalue weighted by molar-refractivity contribution is 5.51. The zero-order chi connectivity index (χ0) is 14.0. The summed E-state index contributed by atoms with van der Waals surface area (Å²) in [5, 5.41) is 0. The molecule has 0 aliphatic carbocycles. The van der Waals surface area contributed by atoms with Gasteiger partial charge >= 0.3 is 6.18 Å². The number of halogens is 3. The molecule has 0 atom stereocenters. The standard InChI is InChI=1S/C13H18F3NO/c1-12(2,3)6-7-18-9-4-5-11(17)10(8-9)13(14,15)16/h4-5,8H,6-7,17H2,1-3H3. The molecule has 18 heavy (non-hydrogen) atoms. The lowest BCUT2D eigenvalue weighted by atomic mass is 9.93. The van der Waals surface area contributed by atoms with Crippen molar-refractivity contribution in [3.8, 4) is 5.75 Å². The molecule has 0 radical (unpaired) electrons. The van der Waals surface area contributed by atoms with E-state index in [4.69, 9.17) is 10.5 Å². The quantitative estimate of drug-likeness (QED) is 0.831. The molecule has 0 heterocycles. The molecule has 2 N–H and O–H groups in total. The molecule has 0 unspecified atom stereocenters. The van der Waals surface area contributed by atoms with Gasteiger partial charge in [-0.05, 0) is 30.0 Å². The zero-order valence-electron chi connectivity index (χ0n) is 10.8. The first-order chi connectivity index (χ1) is 8.09. The fraction of sp³-hybridized carbons (Fsp3) is 0.538. The smallest absolute Gasteiger partial charge is 0.418 e. The Labute approximate surface area is 105 Å². The van der Waals surface area contributed by atoms with Gasteiger partial charge in [-0.25, -0.2) is 0 Å². The lowest BCUT2D eigenvalue weighted by Gasteiger charge is -2.18. The Morgan fingerprint density at radius 1 is 1.17 bits per heavy atom. The molecular weight excluding hydrogens is 243 g/mol. The fourth-order valence-electron chi connectivity index (χ4n) is 1.35. The van der Waals surface area contributed by atoms with Gasteiger partial charge in [-0.15, -0.1) is 0 Å². The minimum atomic E-state index is -4.45. The first-order valence-corrected chi connectivity index (χ1v) is 5.69. The van der Waals surface area contributed by atoms with Gasteiger partial charge in [0.2, 0.25) is 0 Å². The Balaban J connectivity index is 2.74. The van der Waals surface area contributed by atoms with Crippen LogP contribution < -0.4 is 10.5 Å². The second-order valence-corrected chi connectivity index (χ2v) is 5.41. The van der Waals surface area contributed by atoms with Crippen LogP contribution in [0.2, 0.25) is 0 Å². The Kier molecular flexibility index (Phi) is 4.14. The highest BCUT2D eigenvalue weighted by Crippen LogP contribution is 2.35. The molecule has 0 fully saturated rings. The molecule has 1 aromatic carbocycles. The molecular formula is C13H18F3NO. The summed E-state index contributed by atoms with van der Waals surface area (Å²) in [6.45, 7) is 6.51. The highest BCUT2D eigenvalue weighted by atomic mass is 19.4. The van der Waals surface area contributed by atoms with Gasteiger partial charge in [-0.1, -0.05) is 20.8 Å². The van der Waals surface area contributed by atoms with Crippen molar-refractivity contribution in [2.45, 2.75) is 33.4 Å². The number of nitrogens with two attached hydrogens (primary N) is 1. The zero-order valence-corrected chi connectivity index (χ0v) is 10.8. The van der Waals surface area contributed by atoms with Crippen LogP contribution in [0.25, 0.3) is 0 Å². The Hall–Kier alpha value is -1.39. The molecule has 1 aromatic rings. The van der Waals surface area contributed by atoms with Crippen molar-refractivity contribution in [3.63, 3.8) is 0 Å². The number of nitrogen functional groups attached to an aromatic ring is 1. The maximum absolute atomic E-state index is 12.6. The summed E-state index contributed by atoms with van der Waals surface area (Å²) in [4.78, 5) is 0. The van der Waals surface area contributed by atoms with E-state index in [-0.39, 0.29) is 16.9 Å². The summed E-state index contributed by atoms with van der Waals surface area (Å²) in [5.74, 6) is 0.195. The fourth-order valence-corrected chi connectivity index (χ4v) is 1.35. The monoisotopic (exact) mass is 261 g/mol. The predicted octanol–water partition coefficient (Wildman–Crippen LogP) is 4.10. The van der Waals surface area contributed by atoms with Crippen molar-refractivity contribution in [2.24, 2.45) is 5.41 Å². The van der Waals surface area contributed by atoms with Crippen LogP contribution in [-0.4, -0.2) is 6.61 Å². The van der Waals surface area contributed by atoms with E-state index in [1.807, 2.05) is 20.8 Å². The van der Waals surface area contributed by atoms with Crippen LogP contribution >= 0.6 is 0 Å². The molecule has 0 bridgehead atoms. The van der Waals surface area contributed by atoms with Gasteiger partial charge in [0.1, 0.15) is 5.75 Å². The molecule has 5 heteroatoms. The van der Waals surface area contributed by atoms with Gasteiger partial charge in [-0.3, -0.25) is 0 Å². The lowest BCUT2D eigenvalue weighted by Crippen LogP contribution is -2.12. The third-order valence-corrected chi connectivity index (χ3v) is 2.45. The second kappa shape index (κ2) is 5.08. The number of ether oxygens (including phenoxy) is 1. The summed E-state index contributed by atoms with van der Waals surface area (Å²) in [5.41, 5.74) is 4.24. The highest BCUT2D eigenvalue weighted by Gasteiger charge is 2.33. The summed E-state index contributed by atoms with van der Waals surface area (Å²) in [7, 11) is 0. The third-order valence-electron chi connectivity index (χ3n) is 2.45. The average Bonchev–Trinajstić information content (AvgIpc) is 2.17. The van der Waals surface area contributed by atoms with Crippen molar-refractivity contribution in [3.05, 3.63) is 23.8 Å². The summed E-state index contributed by atoms with van der Waals surface area (Å²) < 4.78 is 43.1.